The average molecular weight is 373 g/mol. The van der Waals surface area contributed by atoms with Crippen molar-refractivity contribution in [3.63, 3.8) is 0 Å². The van der Waals surface area contributed by atoms with Gasteiger partial charge in [-0.05, 0) is 31.2 Å². The van der Waals surface area contributed by atoms with E-state index in [4.69, 9.17) is 4.74 Å². The SMILES string of the molecule is COc1ccccc1/C=C/CN1CCN(CC2CCCCC2)[C@H](CCO)C1. The third-order valence-corrected chi connectivity index (χ3v) is 6.17. The van der Waals surface area contributed by atoms with E-state index in [1.54, 1.807) is 7.11 Å². The second kappa shape index (κ2) is 10.8. The van der Waals surface area contributed by atoms with Gasteiger partial charge in [0.2, 0.25) is 0 Å². The molecule has 1 saturated heterocycles. The van der Waals surface area contributed by atoms with Gasteiger partial charge in [0, 0.05) is 50.9 Å². The monoisotopic (exact) mass is 372 g/mol. The molecule has 1 saturated carbocycles. The number of rotatable bonds is 8. The molecule has 0 unspecified atom stereocenters. The first-order valence-corrected chi connectivity index (χ1v) is 10.7. The molecule has 2 aliphatic rings. The van der Waals surface area contributed by atoms with Gasteiger partial charge in [-0.3, -0.25) is 9.80 Å². The molecule has 4 heteroatoms. The molecule has 1 N–H and O–H groups in total. The van der Waals surface area contributed by atoms with E-state index in [0.29, 0.717) is 6.04 Å². The molecule has 0 radical (unpaired) electrons. The van der Waals surface area contributed by atoms with Crippen molar-refractivity contribution in [1.82, 2.24) is 9.80 Å². The summed E-state index contributed by atoms with van der Waals surface area (Å²) in [6.07, 6.45) is 12.3. The lowest BCUT2D eigenvalue weighted by Gasteiger charge is -2.43. The van der Waals surface area contributed by atoms with Crippen LogP contribution in [0.3, 0.4) is 0 Å². The largest absolute Gasteiger partial charge is 0.496 e. The van der Waals surface area contributed by atoms with Crippen LogP contribution in [-0.4, -0.2) is 67.4 Å². The molecule has 4 nitrogen and oxygen atoms in total. The van der Waals surface area contributed by atoms with Crippen LogP contribution in [0.5, 0.6) is 5.75 Å². The first-order valence-electron chi connectivity index (χ1n) is 10.7. The quantitative estimate of drug-likeness (QED) is 0.755. The van der Waals surface area contributed by atoms with Crippen molar-refractivity contribution >= 4 is 6.08 Å². The number of aliphatic hydroxyl groups excluding tert-OH is 1. The van der Waals surface area contributed by atoms with Gasteiger partial charge in [-0.2, -0.15) is 0 Å². The number of methoxy groups -OCH3 is 1. The maximum Gasteiger partial charge on any atom is 0.126 e. The number of piperazine rings is 1. The number of hydrogen-bond acceptors (Lipinski definition) is 4. The van der Waals surface area contributed by atoms with Crippen molar-refractivity contribution in [1.29, 1.82) is 0 Å². The summed E-state index contributed by atoms with van der Waals surface area (Å²) >= 11 is 0. The molecule has 1 aliphatic heterocycles. The summed E-state index contributed by atoms with van der Waals surface area (Å²) in [5, 5.41) is 9.54. The van der Waals surface area contributed by atoms with E-state index >= 15 is 0 Å². The van der Waals surface area contributed by atoms with Crippen LogP contribution in [0.2, 0.25) is 0 Å². The Bertz CT molecular complexity index is 583. The van der Waals surface area contributed by atoms with Crippen LogP contribution in [0.15, 0.2) is 30.3 Å². The molecule has 3 rings (SSSR count). The third-order valence-electron chi connectivity index (χ3n) is 6.17. The molecule has 0 bridgehead atoms. The van der Waals surface area contributed by atoms with Crippen molar-refractivity contribution < 1.29 is 9.84 Å². The van der Waals surface area contributed by atoms with Crippen LogP contribution in [0.1, 0.15) is 44.1 Å². The van der Waals surface area contributed by atoms with E-state index in [1.165, 1.54) is 38.6 Å². The van der Waals surface area contributed by atoms with Crippen molar-refractivity contribution in [2.45, 2.75) is 44.6 Å². The number of nitrogens with zero attached hydrogens (tertiary/aromatic N) is 2. The fourth-order valence-electron chi connectivity index (χ4n) is 4.62. The van der Waals surface area contributed by atoms with E-state index in [9.17, 15) is 5.11 Å². The maximum atomic E-state index is 9.54. The van der Waals surface area contributed by atoms with Crippen LogP contribution in [0, 0.1) is 5.92 Å². The normalized spacial score (nSPS) is 23.1. The minimum atomic E-state index is 0.288. The van der Waals surface area contributed by atoms with Crippen LogP contribution in [0.4, 0.5) is 0 Å². The molecule has 1 aromatic carbocycles. The Hall–Kier alpha value is -1.36. The lowest BCUT2D eigenvalue weighted by Crippen LogP contribution is -2.54. The summed E-state index contributed by atoms with van der Waals surface area (Å²) < 4.78 is 5.42. The predicted octanol–water partition coefficient (Wildman–Crippen LogP) is 3.66. The van der Waals surface area contributed by atoms with Gasteiger partial charge >= 0.3 is 0 Å². The molecular weight excluding hydrogens is 336 g/mol. The van der Waals surface area contributed by atoms with Crippen molar-refractivity contribution in [3.8, 4) is 5.75 Å². The van der Waals surface area contributed by atoms with Gasteiger partial charge < -0.3 is 9.84 Å². The van der Waals surface area contributed by atoms with Gasteiger partial charge in [0.05, 0.1) is 7.11 Å². The number of para-hydroxylation sites is 1. The van der Waals surface area contributed by atoms with E-state index in [0.717, 1.165) is 49.8 Å². The van der Waals surface area contributed by atoms with Gasteiger partial charge in [0.25, 0.3) is 0 Å². The Morgan fingerprint density at radius 1 is 1.15 bits per heavy atom. The van der Waals surface area contributed by atoms with Gasteiger partial charge in [-0.25, -0.2) is 0 Å². The summed E-state index contributed by atoms with van der Waals surface area (Å²) in [6.45, 7) is 5.78. The first kappa shape index (κ1) is 20.4. The number of aliphatic hydroxyl groups is 1. The molecular formula is C23H36N2O2. The molecule has 0 aromatic heterocycles. The van der Waals surface area contributed by atoms with Gasteiger partial charge in [0.1, 0.15) is 5.75 Å². The fourth-order valence-corrected chi connectivity index (χ4v) is 4.62. The predicted molar refractivity (Wildman–Crippen MR) is 112 cm³/mol. The molecule has 1 heterocycles. The molecule has 2 fully saturated rings. The topological polar surface area (TPSA) is 35.9 Å². The van der Waals surface area contributed by atoms with E-state index in [1.807, 2.05) is 18.2 Å². The summed E-state index contributed by atoms with van der Waals surface area (Å²) in [5.74, 6) is 1.79. The highest BCUT2D eigenvalue weighted by atomic mass is 16.5. The van der Waals surface area contributed by atoms with Crippen molar-refractivity contribution in [2.24, 2.45) is 5.92 Å². The minimum absolute atomic E-state index is 0.288. The second-order valence-corrected chi connectivity index (χ2v) is 8.07. The summed E-state index contributed by atoms with van der Waals surface area (Å²) in [5.41, 5.74) is 1.13. The Morgan fingerprint density at radius 3 is 2.74 bits per heavy atom. The molecule has 1 atom stereocenters. The van der Waals surface area contributed by atoms with Crippen LogP contribution < -0.4 is 4.74 Å². The highest BCUT2D eigenvalue weighted by Crippen LogP contribution is 2.26. The van der Waals surface area contributed by atoms with E-state index in [-0.39, 0.29) is 6.61 Å². The second-order valence-electron chi connectivity index (χ2n) is 8.07. The molecule has 0 amide bonds. The third kappa shape index (κ3) is 6.06. The Labute approximate surface area is 164 Å². The minimum Gasteiger partial charge on any atom is -0.496 e. The number of hydrogen-bond donors (Lipinski definition) is 1. The zero-order valence-electron chi connectivity index (χ0n) is 16.9. The zero-order chi connectivity index (χ0) is 18.9. The van der Waals surface area contributed by atoms with Crippen LogP contribution in [-0.2, 0) is 0 Å². The Balaban J connectivity index is 1.52. The molecule has 1 aromatic rings. The van der Waals surface area contributed by atoms with Crippen molar-refractivity contribution in [3.05, 3.63) is 35.9 Å². The van der Waals surface area contributed by atoms with E-state index in [2.05, 4.69) is 28.0 Å². The molecule has 1 aliphatic carbocycles. The highest BCUT2D eigenvalue weighted by Gasteiger charge is 2.28. The van der Waals surface area contributed by atoms with E-state index < -0.39 is 0 Å². The summed E-state index contributed by atoms with van der Waals surface area (Å²) in [7, 11) is 1.72. The average Bonchev–Trinajstić information content (AvgIpc) is 2.71. The molecule has 0 spiro atoms. The Morgan fingerprint density at radius 2 is 1.96 bits per heavy atom. The lowest BCUT2D eigenvalue weighted by molar-refractivity contribution is 0.0485. The van der Waals surface area contributed by atoms with Crippen LogP contribution in [0.25, 0.3) is 6.08 Å². The lowest BCUT2D eigenvalue weighted by atomic mass is 9.88. The van der Waals surface area contributed by atoms with Gasteiger partial charge in [-0.15, -0.1) is 0 Å². The summed E-state index contributed by atoms with van der Waals surface area (Å²) in [4.78, 5) is 5.18. The first-order chi connectivity index (χ1) is 13.3. The molecule has 27 heavy (non-hydrogen) atoms. The Kier molecular flexibility index (Phi) is 8.18. The zero-order valence-corrected chi connectivity index (χ0v) is 16.9. The fraction of sp³-hybridized carbons (Fsp3) is 0.652. The van der Waals surface area contributed by atoms with Gasteiger partial charge in [0.15, 0.2) is 0 Å². The molecule has 150 valence electrons. The standard InChI is InChI=1S/C23H36N2O2/c1-27-23-12-6-5-10-21(23)11-7-14-24-15-16-25(22(19-24)13-17-26)18-20-8-3-2-4-9-20/h5-7,10-12,20,22,26H,2-4,8-9,13-19H2,1H3/b11-7+/t22-/m1/s1. The maximum absolute atomic E-state index is 9.54. The number of ether oxygens (including phenoxy) is 1. The summed E-state index contributed by atoms with van der Waals surface area (Å²) in [6, 6.07) is 8.63. The number of benzene rings is 1. The smallest absolute Gasteiger partial charge is 0.126 e. The van der Waals surface area contributed by atoms with Gasteiger partial charge in [-0.1, -0.05) is 49.6 Å². The van der Waals surface area contributed by atoms with Crippen molar-refractivity contribution in [2.75, 3.05) is 46.4 Å². The van der Waals surface area contributed by atoms with Crippen LogP contribution >= 0.6 is 0 Å². The highest BCUT2D eigenvalue weighted by molar-refractivity contribution is 5.57.